The molecule has 0 radical (unpaired) electrons. The van der Waals surface area contributed by atoms with Gasteiger partial charge in [-0.05, 0) is 44.4 Å². The van der Waals surface area contributed by atoms with Gasteiger partial charge in [0.05, 0.1) is 23.5 Å². The monoisotopic (exact) mass is 418 g/mol. The van der Waals surface area contributed by atoms with E-state index in [2.05, 4.69) is 14.9 Å². The van der Waals surface area contributed by atoms with Crippen molar-refractivity contribution in [1.29, 1.82) is 0 Å². The smallest absolute Gasteiger partial charge is 0.342 e. The van der Waals surface area contributed by atoms with E-state index >= 15 is 0 Å². The molecule has 5 nitrogen and oxygen atoms in total. The number of hydrogen-bond acceptors (Lipinski definition) is 4. The predicted octanol–water partition coefficient (Wildman–Crippen LogP) is 3.96. The van der Waals surface area contributed by atoms with Gasteiger partial charge in [-0.1, -0.05) is 12.1 Å². The average Bonchev–Trinajstić information content (AvgIpc) is 3.29. The predicted molar refractivity (Wildman–Crippen MR) is 107 cm³/mol. The number of aromatic nitrogens is 2. The third kappa shape index (κ3) is 4.64. The van der Waals surface area contributed by atoms with Crippen LogP contribution in [0.1, 0.15) is 42.9 Å². The van der Waals surface area contributed by atoms with E-state index in [9.17, 15) is 18.0 Å². The zero-order valence-corrected chi connectivity index (χ0v) is 16.7. The van der Waals surface area contributed by atoms with Crippen molar-refractivity contribution in [3.8, 4) is 11.3 Å². The number of hydrogen-bond donors (Lipinski definition) is 0. The highest BCUT2D eigenvalue weighted by Gasteiger charge is 2.32. The molecule has 0 saturated carbocycles. The van der Waals surface area contributed by atoms with Crippen molar-refractivity contribution in [1.82, 2.24) is 19.8 Å². The third-order valence-corrected chi connectivity index (χ3v) is 5.90. The molecule has 4 rings (SSSR count). The summed E-state index contributed by atoms with van der Waals surface area (Å²) >= 11 is 0. The number of nitrogens with zero attached hydrogens (tertiary/aromatic N) is 4. The first-order valence-electron chi connectivity index (χ1n) is 10.4. The van der Waals surface area contributed by atoms with E-state index in [1.54, 1.807) is 12.3 Å². The van der Waals surface area contributed by atoms with Gasteiger partial charge in [-0.25, -0.2) is 0 Å². The quantitative estimate of drug-likeness (QED) is 0.754. The number of alkyl halides is 3. The molecule has 2 fully saturated rings. The van der Waals surface area contributed by atoms with Gasteiger partial charge in [-0.3, -0.25) is 19.7 Å². The van der Waals surface area contributed by atoms with E-state index in [4.69, 9.17) is 0 Å². The largest absolute Gasteiger partial charge is 0.416 e. The Hall–Kier alpha value is -2.48. The Bertz CT molecular complexity index is 896. The fraction of sp³-hybridized carbons (Fsp3) is 0.500. The molecule has 2 aliphatic heterocycles. The topological polar surface area (TPSA) is 49.3 Å². The SMILES string of the molecule is O=C(CN1CCC[C@H](c2nccnc2-c2cccc(C(F)(F)F)c2)C1)N1CCCC1. The Morgan fingerprint density at radius 2 is 1.83 bits per heavy atom. The van der Waals surface area contributed by atoms with E-state index in [0.717, 1.165) is 57.5 Å². The van der Waals surface area contributed by atoms with Crippen LogP contribution in [0.4, 0.5) is 13.2 Å². The molecule has 0 unspecified atom stereocenters. The van der Waals surface area contributed by atoms with Crippen LogP contribution >= 0.6 is 0 Å². The minimum Gasteiger partial charge on any atom is -0.342 e. The average molecular weight is 418 g/mol. The van der Waals surface area contributed by atoms with Crippen molar-refractivity contribution in [2.75, 3.05) is 32.7 Å². The summed E-state index contributed by atoms with van der Waals surface area (Å²) in [5.41, 5.74) is 0.910. The van der Waals surface area contributed by atoms with E-state index < -0.39 is 11.7 Å². The second kappa shape index (κ2) is 8.71. The zero-order chi connectivity index (χ0) is 21.1. The molecular weight excluding hydrogens is 393 g/mol. The van der Waals surface area contributed by atoms with E-state index in [-0.39, 0.29) is 11.8 Å². The lowest BCUT2D eigenvalue weighted by Gasteiger charge is -2.33. The highest BCUT2D eigenvalue weighted by Crippen LogP contribution is 2.35. The van der Waals surface area contributed by atoms with Gasteiger partial charge in [0.1, 0.15) is 0 Å². The van der Waals surface area contributed by atoms with E-state index in [0.29, 0.717) is 30.0 Å². The molecule has 2 saturated heterocycles. The first-order chi connectivity index (χ1) is 14.4. The molecule has 2 aliphatic rings. The van der Waals surface area contributed by atoms with Crippen molar-refractivity contribution in [2.45, 2.75) is 37.8 Å². The number of carbonyl (C=O) groups is 1. The zero-order valence-electron chi connectivity index (χ0n) is 16.7. The molecule has 1 amide bonds. The van der Waals surface area contributed by atoms with Crippen LogP contribution in [0.15, 0.2) is 36.7 Å². The molecule has 3 heterocycles. The molecule has 2 aromatic rings. The fourth-order valence-corrected chi connectivity index (χ4v) is 4.39. The molecule has 1 aromatic heterocycles. The molecule has 0 spiro atoms. The summed E-state index contributed by atoms with van der Waals surface area (Å²) in [5, 5.41) is 0. The lowest BCUT2D eigenvalue weighted by Crippen LogP contribution is -2.43. The maximum atomic E-state index is 13.2. The second-order valence-corrected chi connectivity index (χ2v) is 8.03. The summed E-state index contributed by atoms with van der Waals surface area (Å²) in [4.78, 5) is 25.4. The third-order valence-electron chi connectivity index (χ3n) is 5.90. The number of rotatable bonds is 4. The summed E-state index contributed by atoms with van der Waals surface area (Å²) in [5.74, 6) is 0.189. The van der Waals surface area contributed by atoms with Crippen molar-refractivity contribution < 1.29 is 18.0 Å². The van der Waals surface area contributed by atoms with Crippen LogP contribution in [0.25, 0.3) is 11.3 Å². The summed E-state index contributed by atoms with van der Waals surface area (Å²) in [6, 6.07) is 5.23. The lowest BCUT2D eigenvalue weighted by atomic mass is 9.91. The van der Waals surface area contributed by atoms with Crippen molar-refractivity contribution in [2.24, 2.45) is 0 Å². The van der Waals surface area contributed by atoms with Gasteiger partial charge in [0, 0.05) is 43.5 Å². The Balaban J connectivity index is 1.54. The highest BCUT2D eigenvalue weighted by atomic mass is 19.4. The molecule has 0 N–H and O–H groups in total. The second-order valence-electron chi connectivity index (χ2n) is 8.03. The maximum Gasteiger partial charge on any atom is 0.416 e. The Labute approximate surface area is 173 Å². The van der Waals surface area contributed by atoms with Crippen LogP contribution in [-0.2, 0) is 11.0 Å². The minimum atomic E-state index is -4.41. The van der Waals surface area contributed by atoms with Gasteiger partial charge in [0.2, 0.25) is 5.91 Å². The van der Waals surface area contributed by atoms with Crippen molar-refractivity contribution in [3.05, 3.63) is 47.9 Å². The van der Waals surface area contributed by atoms with Gasteiger partial charge in [-0.2, -0.15) is 13.2 Å². The molecule has 1 atom stereocenters. The van der Waals surface area contributed by atoms with Crippen molar-refractivity contribution >= 4 is 5.91 Å². The van der Waals surface area contributed by atoms with Gasteiger partial charge >= 0.3 is 6.18 Å². The normalized spacial score (nSPS) is 20.5. The Morgan fingerprint density at radius 3 is 2.60 bits per heavy atom. The van der Waals surface area contributed by atoms with Crippen LogP contribution in [-0.4, -0.2) is 58.4 Å². The number of carbonyl (C=O) groups excluding carboxylic acids is 1. The number of amides is 1. The standard InChI is InChI=1S/C22H25F3N4O/c23-22(24,25)18-7-3-5-16(13-18)20-21(27-9-8-26-20)17-6-4-10-28(14-17)15-19(30)29-11-1-2-12-29/h3,5,7-9,13,17H,1-2,4,6,10-12,14-15H2/t17-/m0/s1. The first kappa shape index (κ1) is 20.8. The van der Waals surface area contributed by atoms with Crippen LogP contribution in [0, 0.1) is 0 Å². The van der Waals surface area contributed by atoms with Crippen LogP contribution in [0.3, 0.4) is 0 Å². The molecule has 0 bridgehead atoms. The van der Waals surface area contributed by atoms with E-state index in [1.165, 1.54) is 12.3 Å². The number of likely N-dealkylation sites (tertiary alicyclic amines) is 2. The van der Waals surface area contributed by atoms with Gasteiger partial charge in [0.15, 0.2) is 0 Å². The number of benzene rings is 1. The molecule has 0 aliphatic carbocycles. The summed E-state index contributed by atoms with van der Waals surface area (Å²) < 4.78 is 39.5. The summed E-state index contributed by atoms with van der Waals surface area (Å²) in [6.07, 6.45) is 2.60. The minimum absolute atomic E-state index is 0.0309. The van der Waals surface area contributed by atoms with Crippen LogP contribution in [0.2, 0.25) is 0 Å². The van der Waals surface area contributed by atoms with Crippen LogP contribution in [0.5, 0.6) is 0 Å². The Kier molecular flexibility index (Phi) is 6.04. The number of halogens is 3. The van der Waals surface area contributed by atoms with Crippen LogP contribution < -0.4 is 0 Å². The Morgan fingerprint density at radius 1 is 1.07 bits per heavy atom. The summed E-state index contributed by atoms with van der Waals surface area (Å²) in [6.45, 7) is 3.55. The van der Waals surface area contributed by atoms with Gasteiger partial charge < -0.3 is 4.90 Å². The van der Waals surface area contributed by atoms with Crippen molar-refractivity contribution in [3.63, 3.8) is 0 Å². The molecular formula is C22H25F3N4O. The molecule has 1 aromatic carbocycles. The maximum absolute atomic E-state index is 13.2. The molecule has 160 valence electrons. The van der Waals surface area contributed by atoms with E-state index in [1.807, 2.05) is 4.90 Å². The number of piperidine rings is 1. The fourth-order valence-electron chi connectivity index (χ4n) is 4.39. The van der Waals surface area contributed by atoms with Gasteiger partial charge in [0.25, 0.3) is 0 Å². The lowest BCUT2D eigenvalue weighted by molar-refractivity contribution is -0.137. The molecule has 8 heteroatoms. The molecule has 30 heavy (non-hydrogen) atoms. The summed E-state index contributed by atoms with van der Waals surface area (Å²) in [7, 11) is 0. The highest BCUT2D eigenvalue weighted by molar-refractivity contribution is 5.78. The van der Waals surface area contributed by atoms with Gasteiger partial charge in [-0.15, -0.1) is 0 Å². The first-order valence-corrected chi connectivity index (χ1v) is 10.4.